The Morgan fingerprint density at radius 3 is 2.73 bits per heavy atom. The fraction of sp³-hybridized carbons (Fsp3) is 0.273. The van der Waals surface area contributed by atoms with E-state index in [-0.39, 0.29) is 28.2 Å². The summed E-state index contributed by atoms with van der Waals surface area (Å²) in [7, 11) is 3.11. The molecule has 9 nitrogen and oxygen atoms in total. The predicted octanol–water partition coefficient (Wildman–Crippen LogP) is 4.38. The first-order valence-electron chi connectivity index (χ1n) is 10.4. The fourth-order valence-electron chi connectivity index (χ4n) is 3.60. The zero-order chi connectivity index (χ0) is 23.3. The van der Waals surface area contributed by atoms with Crippen LogP contribution in [-0.2, 0) is 0 Å². The maximum Gasteiger partial charge on any atom is 0.262 e. The van der Waals surface area contributed by atoms with Crippen molar-refractivity contribution in [3.63, 3.8) is 0 Å². The predicted molar refractivity (Wildman–Crippen MR) is 117 cm³/mol. The van der Waals surface area contributed by atoms with Gasteiger partial charge in [-0.15, -0.1) is 0 Å². The number of amides is 1. The zero-order valence-corrected chi connectivity index (χ0v) is 18.2. The summed E-state index contributed by atoms with van der Waals surface area (Å²) >= 11 is 0. The summed E-state index contributed by atoms with van der Waals surface area (Å²) in [6.07, 6.45) is 3.38. The minimum atomic E-state index is -0.770. The molecule has 3 heterocycles. The van der Waals surface area contributed by atoms with Crippen LogP contribution in [-0.4, -0.2) is 50.1 Å². The van der Waals surface area contributed by atoms with Gasteiger partial charge in [0, 0.05) is 48.9 Å². The summed E-state index contributed by atoms with van der Waals surface area (Å²) in [4.78, 5) is 25.3. The van der Waals surface area contributed by atoms with Gasteiger partial charge in [-0.2, -0.15) is 5.10 Å². The Labute approximate surface area is 187 Å². The molecule has 1 amide bonds. The van der Waals surface area contributed by atoms with Crippen molar-refractivity contribution in [1.82, 2.24) is 30.0 Å². The van der Waals surface area contributed by atoms with Crippen molar-refractivity contribution in [1.29, 1.82) is 0 Å². The van der Waals surface area contributed by atoms with Crippen molar-refractivity contribution in [3.8, 4) is 11.6 Å². The maximum absolute atomic E-state index is 15.1. The van der Waals surface area contributed by atoms with Gasteiger partial charge in [-0.05, 0) is 25.8 Å². The van der Waals surface area contributed by atoms with Gasteiger partial charge in [0.15, 0.2) is 29.0 Å². The summed E-state index contributed by atoms with van der Waals surface area (Å²) < 4.78 is 35.3. The zero-order valence-electron chi connectivity index (χ0n) is 18.2. The molecule has 1 fully saturated rings. The van der Waals surface area contributed by atoms with E-state index in [0.29, 0.717) is 17.4 Å². The number of ether oxygens (including phenoxy) is 1. The lowest BCUT2D eigenvalue weighted by atomic mass is 10.2. The average Bonchev–Trinajstić information content (AvgIpc) is 3.39. The number of halogens is 2. The third kappa shape index (κ3) is 3.86. The van der Waals surface area contributed by atoms with Crippen LogP contribution < -0.4 is 10.1 Å². The first-order valence-corrected chi connectivity index (χ1v) is 10.4. The number of aryl methyl sites for hydroxylation is 1. The second-order valence-corrected chi connectivity index (χ2v) is 8.22. The molecule has 11 heteroatoms. The van der Waals surface area contributed by atoms with Crippen LogP contribution in [0, 0.1) is 18.6 Å². The van der Waals surface area contributed by atoms with Crippen LogP contribution in [0.1, 0.15) is 40.5 Å². The SMILES string of the molecule is Cc1cc2c(F)c(Oc3ncnc(Nc4cc(C5CC5)[nH]n4)c3C(=O)N(C)C)cc(F)c2[nH]1. The molecular formula is C22H21F2N7O2. The van der Waals surface area contributed by atoms with E-state index in [1.165, 1.54) is 17.3 Å². The van der Waals surface area contributed by atoms with E-state index in [9.17, 15) is 9.18 Å². The van der Waals surface area contributed by atoms with Crippen LogP contribution >= 0.6 is 0 Å². The summed E-state index contributed by atoms with van der Waals surface area (Å²) in [6, 6.07) is 4.25. The molecule has 1 saturated carbocycles. The Morgan fingerprint density at radius 2 is 2.00 bits per heavy atom. The third-order valence-corrected chi connectivity index (χ3v) is 5.40. The van der Waals surface area contributed by atoms with Crippen molar-refractivity contribution < 1.29 is 18.3 Å². The molecule has 170 valence electrons. The number of nitrogens with zero attached hydrogens (tertiary/aromatic N) is 4. The molecule has 0 saturated heterocycles. The lowest BCUT2D eigenvalue weighted by molar-refractivity contribution is 0.0825. The molecule has 0 bridgehead atoms. The van der Waals surface area contributed by atoms with E-state index in [1.807, 2.05) is 6.07 Å². The monoisotopic (exact) mass is 453 g/mol. The van der Waals surface area contributed by atoms with E-state index in [4.69, 9.17) is 4.74 Å². The number of benzene rings is 1. The van der Waals surface area contributed by atoms with Crippen LogP contribution in [0.25, 0.3) is 10.9 Å². The van der Waals surface area contributed by atoms with Crippen molar-refractivity contribution in [2.75, 3.05) is 19.4 Å². The molecule has 4 aromatic rings. The number of aromatic amines is 2. The Hall–Kier alpha value is -4.02. The molecule has 3 aromatic heterocycles. The number of hydrogen-bond acceptors (Lipinski definition) is 6. The van der Waals surface area contributed by atoms with Crippen LogP contribution in [0.2, 0.25) is 0 Å². The first kappa shape index (κ1) is 20.9. The van der Waals surface area contributed by atoms with Gasteiger partial charge < -0.3 is 19.9 Å². The highest BCUT2D eigenvalue weighted by molar-refractivity contribution is 6.01. The average molecular weight is 453 g/mol. The smallest absolute Gasteiger partial charge is 0.262 e. The first-order chi connectivity index (χ1) is 15.8. The van der Waals surface area contributed by atoms with Gasteiger partial charge in [0.05, 0.1) is 5.52 Å². The third-order valence-electron chi connectivity index (χ3n) is 5.40. The van der Waals surface area contributed by atoms with E-state index < -0.39 is 23.3 Å². The van der Waals surface area contributed by atoms with E-state index in [2.05, 4.69) is 30.5 Å². The molecule has 0 spiro atoms. The van der Waals surface area contributed by atoms with Crippen LogP contribution in [0.4, 0.5) is 20.4 Å². The van der Waals surface area contributed by atoms with Crippen molar-refractivity contribution in [2.45, 2.75) is 25.7 Å². The van der Waals surface area contributed by atoms with Crippen molar-refractivity contribution >= 4 is 28.4 Å². The topological polar surface area (TPSA) is 112 Å². The van der Waals surface area contributed by atoms with Gasteiger partial charge in [-0.25, -0.2) is 18.7 Å². The molecule has 1 aliphatic rings. The van der Waals surface area contributed by atoms with Gasteiger partial charge in [0.1, 0.15) is 11.9 Å². The molecule has 0 unspecified atom stereocenters. The Kier molecular flexibility index (Phi) is 4.95. The van der Waals surface area contributed by atoms with E-state index in [0.717, 1.165) is 24.6 Å². The molecule has 1 aromatic carbocycles. The molecule has 1 aliphatic carbocycles. The van der Waals surface area contributed by atoms with Gasteiger partial charge in [-0.3, -0.25) is 9.89 Å². The second kappa shape index (κ2) is 7.84. The van der Waals surface area contributed by atoms with Crippen LogP contribution in [0.3, 0.4) is 0 Å². The van der Waals surface area contributed by atoms with Gasteiger partial charge in [0.25, 0.3) is 5.91 Å². The maximum atomic E-state index is 15.1. The van der Waals surface area contributed by atoms with Crippen molar-refractivity contribution in [3.05, 3.63) is 53.1 Å². The summed E-state index contributed by atoms with van der Waals surface area (Å²) in [5.74, 6) is -1.49. The highest BCUT2D eigenvalue weighted by Crippen LogP contribution is 2.40. The highest BCUT2D eigenvalue weighted by Gasteiger charge is 2.27. The molecule has 0 atom stereocenters. The molecule has 0 radical (unpaired) electrons. The second-order valence-electron chi connectivity index (χ2n) is 8.22. The number of carbonyl (C=O) groups is 1. The number of hydrogen-bond donors (Lipinski definition) is 3. The summed E-state index contributed by atoms with van der Waals surface area (Å²) in [5.41, 5.74) is 1.60. The number of aromatic nitrogens is 5. The lowest BCUT2D eigenvalue weighted by Gasteiger charge is -2.17. The quantitative estimate of drug-likeness (QED) is 0.399. The number of fused-ring (bicyclic) bond motifs is 1. The molecule has 5 rings (SSSR count). The number of carbonyl (C=O) groups excluding carboxylic acids is 1. The number of rotatable bonds is 6. The Balaban J connectivity index is 1.55. The highest BCUT2D eigenvalue weighted by atomic mass is 19.1. The molecule has 3 N–H and O–H groups in total. The Morgan fingerprint density at radius 1 is 1.21 bits per heavy atom. The minimum Gasteiger partial charge on any atom is -0.435 e. The molecular weight excluding hydrogens is 432 g/mol. The van der Waals surface area contributed by atoms with Crippen molar-refractivity contribution in [2.24, 2.45) is 0 Å². The normalized spacial score (nSPS) is 13.4. The van der Waals surface area contributed by atoms with Gasteiger partial charge in [-0.1, -0.05) is 0 Å². The largest absolute Gasteiger partial charge is 0.435 e. The Bertz CT molecular complexity index is 1370. The number of H-pyrrole nitrogens is 2. The number of nitrogens with one attached hydrogen (secondary N) is 3. The van der Waals surface area contributed by atoms with E-state index in [1.54, 1.807) is 21.0 Å². The van der Waals surface area contributed by atoms with E-state index >= 15 is 4.39 Å². The molecule has 33 heavy (non-hydrogen) atoms. The molecule has 0 aliphatic heterocycles. The van der Waals surface area contributed by atoms with Crippen LogP contribution in [0.5, 0.6) is 11.6 Å². The standard InChI is InChI=1S/C22H21F2N7O2/c1-10-6-12-18(24)15(7-13(23)19(12)27-10)33-21-17(22(32)31(2)3)20(25-9-26-21)28-16-8-14(29-30-16)11-4-5-11/h6-9,11,27H,4-5H2,1-3H3,(H2,25,26,28,29,30). The lowest BCUT2D eigenvalue weighted by Crippen LogP contribution is -2.24. The summed E-state index contributed by atoms with van der Waals surface area (Å²) in [6.45, 7) is 1.69. The van der Waals surface area contributed by atoms with Crippen LogP contribution in [0.15, 0.2) is 24.5 Å². The minimum absolute atomic E-state index is 0.0383. The summed E-state index contributed by atoms with van der Waals surface area (Å²) in [5, 5.41) is 10.2. The van der Waals surface area contributed by atoms with Gasteiger partial charge in [0.2, 0.25) is 5.88 Å². The fourth-order valence-corrected chi connectivity index (χ4v) is 3.60. The number of anilines is 2. The van der Waals surface area contributed by atoms with Gasteiger partial charge >= 0.3 is 0 Å².